The molecule has 0 bridgehead atoms. The molecular weight excluding hydrogens is 532 g/mol. The van der Waals surface area contributed by atoms with Crippen LogP contribution in [0.2, 0.25) is 0 Å². The minimum Gasteiger partial charge on any atom is -0.301 e. The minimum atomic E-state index is -0.0658. The molecule has 0 heterocycles. The van der Waals surface area contributed by atoms with E-state index < -0.39 is 0 Å². The molecule has 6 rings (SSSR count). The van der Waals surface area contributed by atoms with Gasteiger partial charge in [0.1, 0.15) is 0 Å². The van der Waals surface area contributed by atoms with E-state index in [-0.39, 0.29) is 7.92 Å². The number of hydrogen-bond acceptors (Lipinski definition) is 1. The van der Waals surface area contributed by atoms with Gasteiger partial charge < -0.3 is 4.90 Å². The van der Waals surface area contributed by atoms with Crippen LogP contribution >= 0.6 is 17.2 Å². The summed E-state index contributed by atoms with van der Waals surface area (Å²) < 4.78 is 0. The van der Waals surface area contributed by atoms with Crippen molar-refractivity contribution >= 4 is 22.5 Å². The number of allylic oxidation sites excluding steroid dienone is 2. The first-order valence-corrected chi connectivity index (χ1v) is 19.9. The van der Waals surface area contributed by atoms with E-state index in [2.05, 4.69) is 58.6 Å². The van der Waals surface area contributed by atoms with Crippen molar-refractivity contribution in [3.8, 4) is 0 Å². The summed E-state index contributed by atoms with van der Waals surface area (Å²) in [5.41, 5.74) is 7.08. The number of rotatable bonds is 8. The highest BCUT2D eigenvalue weighted by atomic mass is 31.1. The highest BCUT2D eigenvalue weighted by Crippen LogP contribution is 2.65. The largest absolute Gasteiger partial charge is 0.301 e. The Balaban J connectivity index is 1.37. The van der Waals surface area contributed by atoms with Crippen LogP contribution in [0.4, 0.5) is 0 Å². The molecule has 5 aliphatic rings. The summed E-state index contributed by atoms with van der Waals surface area (Å²) >= 11 is 0. The lowest BCUT2D eigenvalue weighted by Crippen LogP contribution is -2.33. The fourth-order valence-corrected chi connectivity index (χ4v) is 14.6. The Morgan fingerprint density at radius 2 is 1.20 bits per heavy atom. The van der Waals surface area contributed by atoms with Crippen molar-refractivity contribution in [3.63, 3.8) is 0 Å². The van der Waals surface area contributed by atoms with Gasteiger partial charge in [-0.1, -0.05) is 115 Å². The maximum atomic E-state index is 3.37. The zero-order chi connectivity index (χ0) is 28.2. The van der Waals surface area contributed by atoms with E-state index in [0.717, 1.165) is 23.2 Å². The van der Waals surface area contributed by atoms with Crippen LogP contribution < -0.4 is 5.30 Å². The van der Waals surface area contributed by atoms with Crippen molar-refractivity contribution in [1.82, 2.24) is 4.90 Å². The van der Waals surface area contributed by atoms with Gasteiger partial charge in [0.2, 0.25) is 0 Å². The molecule has 4 saturated carbocycles. The van der Waals surface area contributed by atoms with Gasteiger partial charge in [0.25, 0.3) is 0 Å². The van der Waals surface area contributed by atoms with Crippen LogP contribution in [0.5, 0.6) is 0 Å². The van der Waals surface area contributed by atoms with Crippen molar-refractivity contribution in [2.75, 3.05) is 14.1 Å². The molecule has 0 N–H and O–H groups in total. The molecule has 0 saturated heterocycles. The minimum absolute atomic E-state index is 0.0658. The lowest BCUT2D eigenvalue weighted by Gasteiger charge is -2.43. The summed E-state index contributed by atoms with van der Waals surface area (Å²) in [6, 6.07) is 5.69. The Morgan fingerprint density at radius 1 is 0.683 bits per heavy atom. The highest BCUT2D eigenvalue weighted by Gasteiger charge is 2.40. The maximum absolute atomic E-state index is 3.37. The van der Waals surface area contributed by atoms with Gasteiger partial charge in [-0.2, -0.15) is 0 Å². The number of nitrogens with zero attached hydrogens (tertiary/aromatic N) is 1. The van der Waals surface area contributed by atoms with E-state index in [4.69, 9.17) is 0 Å². The van der Waals surface area contributed by atoms with E-state index in [1.165, 1.54) is 128 Å². The average molecular weight is 592 g/mol. The van der Waals surface area contributed by atoms with Crippen molar-refractivity contribution in [1.29, 1.82) is 0 Å². The van der Waals surface area contributed by atoms with Crippen molar-refractivity contribution < 1.29 is 0 Å². The molecule has 5 aliphatic carbocycles. The zero-order valence-corrected chi connectivity index (χ0v) is 28.5. The molecule has 4 fully saturated rings. The monoisotopic (exact) mass is 591 g/mol. The molecule has 0 amide bonds. The summed E-state index contributed by atoms with van der Waals surface area (Å²) in [5.74, 6) is 2.10. The quantitative estimate of drug-likeness (QED) is 0.272. The molecule has 41 heavy (non-hydrogen) atoms. The second-order valence-electron chi connectivity index (χ2n) is 14.6. The van der Waals surface area contributed by atoms with Gasteiger partial charge in [-0.25, -0.2) is 0 Å². The molecule has 3 heteroatoms. The Kier molecular flexibility index (Phi) is 10.8. The number of hydrogen-bond donors (Lipinski definition) is 0. The summed E-state index contributed by atoms with van der Waals surface area (Å²) in [6.07, 6.45) is 36.8. The Morgan fingerprint density at radius 3 is 1.73 bits per heavy atom. The molecule has 0 spiro atoms. The molecule has 1 nitrogen and oxygen atoms in total. The standard InChI is InChI=1S/C38H59NP2/c1-39(2)37(33-24-15-25-35(33)41(30-20-11-5-12-21-30)31-22-13-6-14-23-31)34-27-26-32(28-16-7-3-8-17-28)36(38(34)40)29-18-9-4-10-19-29/h15,24-31,33,37H,3-14,16-23,40H2,1-2H3/t33?,37-/m0/s1. The van der Waals surface area contributed by atoms with Crippen LogP contribution in [0.25, 0.3) is 0 Å². The topological polar surface area (TPSA) is 3.24 Å². The molecule has 3 atom stereocenters. The van der Waals surface area contributed by atoms with E-state index in [9.17, 15) is 0 Å². The molecule has 2 unspecified atom stereocenters. The average Bonchev–Trinajstić information content (AvgIpc) is 3.48. The van der Waals surface area contributed by atoms with Crippen molar-refractivity contribution in [3.05, 3.63) is 52.4 Å². The van der Waals surface area contributed by atoms with E-state index in [0.29, 0.717) is 12.0 Å². The third-order valence-corrected chi connectivity index (χ3v) is 16.1. The molecule has 1 aromatic carbocycles. The Bertz CT molecular complexity index is 1030. The molecule has 0 radical (unpaired) electrons. The Hall–Kier alpha value is -0.480. The van der Waals surface area contributed by atoms with Gasteiger partial charge in [0.15, 0.2) is 0 Å². The van der Waals surface area contributed by atoms with Crippen LogP contribution in [-0.4, -0.2) is 30.3 Å². The summed E-state index contributed by atoms with van der Waals surface area (Å²) in [4.78, 5) is 2.59. The van der Waals surface area contributed by atoms with Crippen LogP contribution in [0.1, 0.15) is 163 Å². The fourth-order valence-electron chi connectivity index (χ4n) is 9.78. The first-order valence-electron chi connectivity index (χ1n) is 17.9. The third-order valence-electron chi connectivity index (χ3n) is 11.8. The van der Waals surface area contributed by atoms with Gasteiger partial charge in [0, 0.05) is 12.0 Å². The van der Waals surface area contributed by atoms with E-state index in [1.54, 1.807) is 22.0 Å². The molecule has 0 aliphatic heterocycles. The van der Waals surface area contributed by atoms with Gasteiger partial charge >= 0.3 is 0 Å². The van der Waals surface area contributed by atoms with Gasteiger partial charge in [-0.3, -0.25) is 0 Å². The molecular formula is C38H59NP2. The molecule has 1 aromatic rings. The third kappa shape index (κ3) is 6.79. The number of benzene rings is 1. The highest BCUT2D eigenvalue weighted by molar-refractivity contribution is 7.63. The summed E-state index contributed by atoms with van der Waals surface area (Å²) in [7, 11) is 8.05. The van der Waals surface area contributed by atoms with Crippen molar-refractivity contribution in [2.24, 2.45) is 5.92 Å². The lowest BCUT2D eigenvalue weighted by atomic mass is 9.74. The predicted octanol–water partition coefficient (Wildman–Crippen LogP) is 11.1. The van der Waals surface area contributed by atoms with Gasteiger partial charge in [-0.15, -0.1) is 9.24 Å². The molecule has 0 aromatic heterocycles. The van der Waals surface area contributed by atoms with Crippen LogP contribution in [0.15, 0.2) is 35.7 Å². The molecule has 226 valence electrons. The predicted molar refractivity (Wildman–Crippen MR) is 185 cm³/mol. The van der Waals surface area contributed by atoms with E-state index in [1.807, 2.05) is 5.31 Å². The first kappa shape index (κ1) is 30.5. The summed E-state index contributed by atoms with van der Waals surface area (Å²) in [5, 5.41) is 3.47. The van der Waals surface area contributed by atoms with Crippen LogP contribution in [0, 0.1) is 5.92 Å². The van der Waals surface area contributed by atoms with Crippen LogP contribution in [-0.2, 0) is 0 Å². The van der Waals surface area contributed by atoms with Gasteiger partial charge in [0.05, 0.1) is 0 Å². The van der Waals surface area contributed by atoms with Crippen LogP contribution in [0.3, 0.4) is 0 Å². The summed E-state index contributed by atoms with van der Waals surface area (Å²) in [6.45, 7) is 0. The smallest absolute Gasteiger partial charge is 0.0451 e. The van der Waals surface area contributed by atoms with Crippen molar-refractivity contribution in [2.45, 2.75) is 158 Å². The second kappa shape index (κ2) is 14.5. The van der Waals surface area contributed by atoms with E-state index >= 15 is 0 Å². The zero-order valence-electron chi connectivity index (χ0n) is 26.5. The normalized spacial score (nSPS) is 26.7. The van der Waals surface area contributed by atoms with Gasteiger partial charge in [-0.05, 0) is 116 Å². The lowest BCUT2D eigenvalue weighted by molar-refractivity contribution is 0.266. The second-order valence-corrected chi connectivity index (χ2v) is 18.0. The Labute approximate surface area is 256 Å². The maximum Gasteiger partial charge on any atom is 0.0451 e. The first-order chi connectivity index (χ1) is 20.1. The fraction of sp³-hybridized carbons (Fsp3) is 0.737. The SMILES string of the molecule is CN(C)[C@H](c1ccc(C2CCCCC2)c(C2CCCCC2)c1P)C1C=CC=C1P(C1CCCCC1)C1CCCCC1.